The van der Waals surface area contributed by atoms with Crippen LogP contribution in [0.1, 0.15) is 29.8 Å². The topological polar surface area (TPSA) is 36.4 Å². The Hall–Kier alpha value is -1.66. The number of likely N-dealkylation sites (N-methyl/N-ethyl adjacent to an activating group) is 1. The lowest BCUT2D eigenvalue weighted by Crippen LogP contribution is -2.39. The number of hydrogen-bond donors (Lipinski definition) is 0. The molecule has 1 heterocycles. The van der Waals surface area contributed by atoms with E-state index in [1.165, 1.54) is 16.9 Å². The molecule has 0 spiro atoms. The second-order valence-electron chi connectivity index (χ2n) is 6.58. The molecule has 0 aliphatic rings. The van der Waals surface area contributed by atoms with E-state index in [1.54, 1.807) is 23.1 Å². The molecule has 0 unspecified atom stereocenters. The van der Waals surface area contributed by atoms with Gasteiger partial charge >= 0.3 is 0 Å². The minimum Gasteiger partial charge on any atom is -0.302 e. The quantitative estimate of drug-likeness (QED) is 0.463. The first-order chi connectivity index (χ1) is 13.4. The average molecular weight is 436 g/mol. The van der Waals surface area contributed by atoms with Crippen molar-refractivity contribution >= 4 is 55.8 Å². The molecular weight excluding hydrogens is 413 g/mol. The molecule has 7 heteroatoms. The van der Waals surface area contributed by atoms with Crippen LogP contribution in [0.15, 0.2) is 36.4 Å². The molecule has 148 valence electrons. The molecule has 0 saturated heterocycles. The highest BCUT2D eigenvalue weighted by Gasteiger charge is 2.23. The second-order valence-corrected chi connectivity index (χ2v) is 8.43. The van der Waals surface area contributed by atoms with E-state index in [-0.39, 0.29) is 5.91 Å². The molecule has 0 saturated carbocycles. The van der Waals surface area contributed by atoms with Crippen LogP contribution in [-0.2, 0) is 0 Å². The van der Waals surface area contributed by atoms with Gasteiger partial charge in [-0.25, -0.2) is 4.98 Å². The number of amides is 1. The predicted molar refractivity (Wildman–Crippen MR) is 120 cm³/mol. The third-order valence-electron chi connectivity index (χ3n) is 4.70. The number of aromatic nitrogens is 1. The molecular formula is C21H23Cl2N3OS. The Kier molecular flexibility index (Phi) is 6.94. The summed E-state index contributed by atoms with van der Waals surface area (Å²) >= 11 is 13.8. The largest absolute Gasteiger partial charge is 0.302 e. The van der Waals surface area contributed by atoms with Crippen LogP contribution in [0, 0.1) is 6.92 Å². The Balaban J connectivity index is 1.98. The average Bonchev–Trinajstić information content (AvgIpc) is 3.07. The van der Waals surface area contributed by atoms with E-state index in [4.69, 9.17) is 28.2 Å². The zero-order valence-electron chi connectivity index (χ0n) is 16.2. The van der Waals surface area contributed by atoms with Gasteiger partial charge < -0.3 is 4.90 Å². The van der Waals surface area contributed by atoms with Crippen molar-refractivity contribution in [3.63, 3.8) is 0 Å². The molecule has 0 bridgehead atoms. The minimum atomic E-state index is -0.162. The van der Waals surface area contributed by atoms with Gasteiger partial charge in [-0.1, -0.05) is 54.5 Å². The minimum absolute atomic E-state index is 0.162. The molecule has 0 aliphatic heterocycles. The van der Waals surface area contributed by atoms with Crippen molar-refractivity contribution in [3.8, 4) is 0 Å². The summed E-state index contributed by atoms with van der Waals surface area (Å²) in [5.41, 5.74) is 2.50. The van der Waals surface area contributed by atoms with Gasteiger partial charge in [0.05, 0.1) is 20.8 Å². The first kappa shape index (κ1) is 21.1. The highest BCUT2D eigenvalue weighted by atomic mass is 35.5. The van der Waals surface area contributed by atoms with Crippen LogP contribution in [0.25, 0.3) is 10.2 Å². The highest BCUT2D eigenvalue weighted by molar-refractivity contribution is 7.22. The number of fused-ring (bicyclic) bond motifs is 1. The van der Waals surface area contributed by atoms with Crippen LogP contribution in [0.5, 0.6) is 0 Å². The van der Waals surface area contributed by atoms with Gasteiger partial charge in [0.15, 0.2) is 5.13 Å². The first-order valence-corrected chi connectivity index (χ1v) is 10.9. The number of carbonyl (C=O) groups is 1. The van der Waals surface area contributed by atoms with Crippen LogP contribution < -0.4 is 4.90 Å². The first-order valence-electron chi connectivity index (χ1n) is 9.29. The van der Waals surface area contributed by atoms with E-state index in [2.05, 4.69) is 31.7 Å². The lowest BCUT2D eigenvalue weighted by atomic mass is 10.2. The number of anilines is 1. The summed E-state index contributed by atoms with van der Waals surface area (Å²) in [5.74, 6) is -0.162. The molecule has 0 radical (unpaired) electrons. The van der Waals surface area contributed by atoms with Crippen molar-refractivity contribution in [2.45, 2.75) is 20.8 Å². The smallest absolute Gasteiger partial charge is 0.261 e. The third-order valence-corrected chi connectivity index (χ3v) is 6.29. The van der Waals surface area contributed by atoms with Gasteiger partial charge in [-0.2, -0.15) is 0 Å². The van der Waals surface area contributed by atoms with Gasteiger partial charge in [0, 0.05) is 18.1 Å². The molecule has 0 aliphatic carbocycles. The number of nitrogens with zero attached hydrogens (tertiary/aromatic N) is 3. The van der Waals surface area contributed by atoms with Crippen molar-refractivity contribution < 1.29 is 4.79 Å². The van der Waals surface area contributed by atoms with E-state index in [0.29, 0.717) is 27.3 Å². The fourth-order valence-electron chi connectivity index (χ4n) is 3.01. The highest BCUT2D eigenvalue weighted by Crippen LogP contribution is 2.31. The number of carbonyl (C=O) groups excluding carboxylic acids is 1. The molecule has 0 atom stereocenters. The van der Waals surface area contributed by atoms with E-state index < -0.39 is 0 Å². The Labute approximate surface area is 179 Å². The fourth-order valence-corrected chi connectivity index (χ4v) is 4.59. The van der Waals surface area contributed by atoms with Crippen LogP contribution in [0.2, 0.25) is 10.0 Å². The Morgan fingerprint density at radius 1 is 1.07 bits per heavy atom. The molecule has 28 heavy (non-hydrogen) atoms. The maximum Gasteiger partial charge on any atom is 0.261 e. The van der Waals surface area contributed by atoms with Gasteiger partial charge in [0.1, 0.15) is 0 Å². The van der Waals surface area contributed by atoms with E-state index in [0.717, 1.165) is 29.9 Å². The molecule has 1 aromatic heterocycles. The fraction of sp³-hybridized carbons (Fsp3) is 0.333. The maximum absolute atomic E-state index is 13.4. The summed E-state index contributed by atoms with van der Waals surface area (Å²) in [6.07, 6.45) is 0. The monoisotopic (exact) mass is 435 g/mol. The Morgan fingerprint density at radius 3 is 2.50 bits per heavy atom. The van der Waals surface area contributed by atoms with Crippen LogP contribution in [0.4, 0.5) is 5.13 Å². The summed E-state index contributed by atoms with van der Waals surface area (Å²) in [6, 6.07) is 11.1. The van der Waals surface area contributed by atoms with Crippen molar-refractivity contribution in [1.82, 2.24) is 9.88 Å². The molecule has 1 amide bonds. The maximum atomic E-state index is 13.4. The van der Waals surface area contributed by atoms with Crippen LogP contribution in [0.3, 0.4) is 0 Å². The van der Waals surface area contributed by atoms with E-state index in [1.807, 2.05) is 12.1 Å². The van der Waals surface area contributed by atoms with Gasteiger partial charge in [0.2, 0.25) is 0 Å². The predicted octanol–water partition coefficient (Wildman–Crippen LogP) is 5.90. The third kappa shape index (κ3) is 4.66. The number of thiazole rings is 1. The van der Waals surface area contributed by atoms with E-state index in [9.17, 15) is 4.79 Å². The normalized spacial score (nSPS) is 11.4. The molecule has 4 nitrogen and oxygen atoms in total. The molecule has 3 rings (SSSR count). The van der Waals surface area contributed by atoms with Crippen LogP contribution in [-0.4, -0.2) is 42.0 Å². The van der Waals surface area contributed by atoms with Gasteiger partial charge in [0.25, 0.3) is 5.91 Å². The van der Waals surface area contributed by atoms with Crippen molar-refractivity contribution in [3.05, 3.63) is 57.6 Å². The number of rotatable bonds is 7. The molecule has 2 aromatic carbocycles. The van der Waals surface area contributed by atoms with Crippen molar-refractivity contribution in [2.24, 2.45) is 0 Å². The van der Waals surface area contributed by atoms with Gasteiger partial charge in [-0.3, -0.25) is 9.69 Å². The Morgan fingerprint density at radius 2 is 1.82 bits per heavy atom. The zero-order valence-corrected chi connectivity index (χ0v) is 18.5. The lowest BCUT2D eigenvalue weighted by Gasteiger charge is -2.25. The standard InChI is InChI=1S/C21H23Cl2N3OS/c1-4-25(5-2)10-11-26(20(27)16-8-7-15(22)13-17(16)23)21-24-18-9-6-14(3)12-19(18)28-21/h6-9,12-13H,4-5,10-11H2,1-3H3. The number of aryl methyl sites for hydroxylation is 1. The number of benzene rings is 2. The molecule has 0 N–H and O–H groups in total. The van der Waals surface area contributed by atoms with Crippen molar-refractivity contribution in [2.75, 3.05) is 31.1 Å². The zero-order chi connectivity index (χ0) is 20.3. The summed E-state index contributed by atoms with van der Waals surface area (Å²) in [4.78, 5) is 22.1. The van der Waals surface area contributed by atoms with Crippen LogP contribution >= 0.6 is 34.5 Å². The van der Waals surface area contributed by atoms with Crippen molar-refractivity contribution in [1.29, 1.82) is 0 Å². The summed E-state index contributed by atoms with van der Waals surface area (Å²) < 4.78 is 1.07. The van der Waals surface area contributed by atoms with Gasteiger partial charge in [-0.05, 0) is 55.9 Å². The SMILES string of the molecule is CCN(CC)CCN(C(=O)c1ccc(Cl)cc1Cl)c1nc2ccc(C)cc2s1. The lowest BCUT2D eigenvalue weighted by molar-refractivity contribution is 0.0984. The van der Waals surface area contributed by atoms with Gasteiger partial charge in [-0.15, -0.1) is 0 Å². The molecule has 3 aromatic rings. The Bertz CT molecular complexity index is 985. The summed E-state index contributed by atoms with van der Waals surface area (Å²) in [6.45, 7) is 9.45. The number of hydrogen-bond acceptors (Lipinski definition) is 4. The summed E-state index contributed by atoms with van der Waals surface area (Å²) in [5, 5.41) is 1.54. The summed E-state index contributed by atoms with van der Waals surface area (Å²) in [7, 11) is 0. The molecule has 0 fully saturated rings. The number of halogens is 2. The second kappa shape index (κ2) is 9.23. The van der Waals surface area contributed by atoms with E-state index >= 15 is 0 Å².